The molecule has 0 saturated carbocycles. The molecule has 4 nitrogen and oxygen atoms in total. The molecule has 2 N–H and O–H groups in total. The first kappa shape index (κ1) is 15.1. The second kappa shape index (κ2) is 6.95. The van der Waals surface area contributed by atoms with Crippen LogP contribution in [0, 0.1) is 0 Å². The lowest BCUT2D eigenvalue weighted by Crippen LogP contribution is -2.51. The molecule has 0 unspecified atom stereocenters. The van der Waals surface area contributed by atoms with Gasteiger partial charge in [0.1, 0.15) is 5.75 Å². The van der Waals surface area contributed by atoms with Gasteiger partial charge >= 0.3 is 0 Å². The summed E-state index contributed by atoms with van der Waals surface area (Å²) in [6.07, 6.45) is 3.16. The summed E-state index contributed by atoms with van der Waals surface area (Å²) in [4.78, 5) is 2.48. The molecule has 0 atom stereocenters. The monoisotopic (exact) mass is 278 g/mol. The van der Waals surface area contributed by atoms with E-state index in [-0.39, 0.29) is 12.1 Å². The summed E-state index contributed by atoms with van der Waals surface area (Å²) >= 11 is 0. The first-order valence-electron chi connectivity index (χ1n) is 7.47. The maximum Gasteiger partial charge on any atom is 0.119 e. The molecular weight excluding hydrogens is 252 g/mol. The van der Waals surface area contributed by atoms with Gasteiger partial charge in [-0.15, -0.1) is 0 Å². The zero-order valence-electron chi connectivity index (χ0n) is 12.6. The van der Waals surface area contributed by atoms with Crippen LogP contribution in [0.3, 0.4) is 0 Å². The van der Waals surface area contributed by atoms with Crippen molar-refractivity contribution >= 4 is 5.69 Å². The Kier molecular flexibility index (Phi) is 5.26. The van der Waals surface area contributed by atoms with Gasteiger partial charge in [0, 0.05) is 18.8 Å². The maximum atomic E-state index is 9.81. The number of methoxy groups -OCH3 is 1. The number of anilines is 1. The number of hydrogen-bond donors (Lipinski definition) is 2. The largest absolute Gasteiger partial charge is 0.497 e. The van der Waals surface area contributed by atoms with E-state index in [1.54, 1.807) is 7.11 Å². The van der Waals surface area contributed by atoms with Crippen LogP contribution in [0.15, 0.2) is 24.3 Å². The normalized spacial score (nSPS) is 18.8. The zero-order chi connectivity index (χ0) is 14.4. The maximum absolute atomic E-state index is 9.81. The molecule has 0 radical (unpaired) electrons. The van der Waals surface area contributed by atoms with Crippen LogP contribution in [0.2, 0.25) is 0 Å². The van der Waals surface area contributed by atoms with E-state index in [4.69, 9.17) is 4.74 Å². The van der Waals surface area contributed by atoms with E-state index in [1.807, 2.05) is 24.3 Å². The van der Waals surface area contributed by atoms with Gasteiger partial charge in [0.15, 0.2) is 0 Å². The Labute approximate surface area is 121 Å². The van der Waals surface area contributed by atoms with Crippen molar-refractivity contribution in [3.63, 3.8) is 0 Å². The Bertz CT molecular complexity index is 397. The van der Waals surface area contributed by atoms with Gasteiger partial charge in [-0.1, -0.05) is 6.92 Å². The minimum atomic E-state index is -0.182. The first-order chi connectivity index (χ1) is 9.71. The molecule has 1 aliphatic heterocycles. The Hall–Kier alpha value is -1.26. The summed E-state index contributed by atoms with van der Waals surface area (Å²) in [7, 11) is 1.67. The number of piperidine rings is 1. The lowest BCUT2D eigenvalue weighted by Gasteiger charge is -2.42. The highest BCUT2D eigenvalue weighted by molar-refractivity contribution is 5.48. The Morgan fingerprint density at radius 3 is 2.40 bits per heavy atom. The summed E-state index contributed by atoms with van der Waals surface area (Å²) in [5.74, 6) is 0.853. The van der Waals surface area contributed by atoms with Crippen molar-refractivity contribution in [2.24, 2.45) is 0 Å². The summed E-state index contributed by atoms with van der Waals surface area (Å²) < 4.78 is 5.17. The van der Waals surface area contributed by atoms with Gasteiger partial charge in [-0.05, 0) is 50.1 Å². The highest BCUT2D eigenvalue weighted by atomic mass is 16.5. The van der Waals surface area contributed by atoms with Crippen LogP contribution in [0.4, 0.5) is 5.69 Å². The number of aliphatic hydroxyl groups excluding tert-OH is 1. The molecule has 1 aromatic rings. The topological polar surface area (TPSA) is 44.7 Å². The highest BCUT2D eigenvalue weighted by Gasteiger charge is 2.33. The van der Waals surface area contributed by atoms with Crippen molar-refractivity contribution < 1.29 is 9.84 Å². The predicted molar refractivity (Wildman–Crippen MR) is 82.4 cm³/mol. The summed E-state index contributed by atoms with van der Waals surface area (Å²) in [5, 5.41) is 13.3. The molecule has 1 heterocycles. The third-order valence-electron chi connectivity index (χ3n) is 4.16. The number of nitrogens with one attached hydrogen (secondary N) is 1. The third kappa shape index (κ3) is 3.64. The van der Waals surface area contributed by atoms with Crippen LogP contribution in [0.25, 0.3) is 0 Å². The van der Waals surface area contributed by atoms with Gasteiger partial charge in [-0.2, -0.15) is 0 Å². The van der Waals surface area contributed by atoms with Crippen LogP contribution < -0.4 is 10.1 Å². The number of nitrogens with zero attached hydrogens (tertiary/aromatic N) is 1. The molecule has 20 heavy (non-hydrogen) atoms. The number of ether oxygens (including phenoxy) is 1. The molecule has 0 aliphatic carbocycles. The molecule has 0 bridgehead atoms. The van der Waals surface area contributed by atoms with E-state index in [9.17, 15) is 5.11 Å². The molecular formula is C16H26N2O2. The summed E-state index contributed by atoms with van der Waals surface area (Å²) in [6, 6.07) is 7.91. The van der Waals surface area contributed by atoms with E-state index in [2.05, 4.69) is 17.1 Å². The average molecular weight is 278 g/mol. The van der Waals surface area contributed by atoms with Gasteiger partial charge in [0.05, 0.1) is 19.3 Å². The van der Waals surface area contributed by atoms with Gasteiger partial charge in [-0.3, -0.25) is 0 Å². The van der Waals surface area contributed by atoms with Crippen LogP contribution in [0.5, 0.6) is 5.75 Å². The highest BCUT2D eigenvalue weighted by Crippen LogP contribution is 2.27. The molecule has 0 amide bonds. The fourth-order valence-electron chi connectivity index (χ4n) is 2.82. The second-order valence-corrected chi connectivity index (χ2v) is 5.63. The fourth-order valence-corrected chi connectivity index (χ4v) is 2.82. The van der Waals surface area contributed by atoms with Crippen molar-refractivity contribution in [1.29, 1.82) is 0 Å². The fraction of sp³-hybridized carbons (Fsp3) is 0.625. The van der Waals surface area contributed by atoms with Crippen molar-refractivity contribution in [2.75, 3.05) is 38.7 Å². The van der Waals surface area contributed by atoms with E-state index < -0.39 is 0 Å². The standard InChI is InChI=1S/C16H26N2O2/c1-3-10-18-11-8-16(13-19,9-12-18)17-14-4-6-15(20-2)7-5-14/h4-7,17,19H,3,8-13H2,1-2H3. The molecule has 1 aromatic carbocycles. The van der Waals surface area contributed by atoms with Gasteiger partial charge in [0.2, 0.25) is 0 Å². The smallest absolute Gasteiger partial charge is 0.119 e. The molecule has 2 rings (SSSR count). The van der Waals surface area contributed by atoms with Crippen molar-refractivity contribution in [2.45, 2.75) is 31.7 Å². The predicted octanol–water partition coefficient (Wildman–Crippen LogP) is 2.34. The molecule has 1 saturated heterocycles. The molecule has 0 spiro atoms. The van der Waals surface area contributed by atoms with Crippen molar-refractivity contribution in [1.82, 2.24) is 4.90 Å². The Morgan fingerprint density at radius 1 is 1.25 bits per heavy atom. The van der Waals surface area contributed by atoms with Crippen molar-refractivity contribution in [3.05, 3.63) is 24.3 Å². The first-order valence-corrected chi connectivity index (χ1v) is 7.47. The molecule has 4 heteroatoms. The SMILES string of the molecule is CCCN1CCC(CO)(Nc2ccc(OC)cc2)CC1. The quantitative estimate of drug-likeness (QED) is 0.838. The minimum Gasteiger partial charge on any atom is -0.497 e. The Morgan fingerprint density at radius 2 is 1.90 bits per heavy atom. The number of rotatable bonds is 6. The Balaban J connectivity index is 1.97. The summed E-state index contributed by atoms with van der Waals surface area (Å²) in [5.41, 5.74) is 0.863. The van der Waals surface area contributed by atoms with Crippen molar-refractivity contribution in [3.8, 4) is 5.75 Å². The summed E-state index contributed by atoms with van der Waals surface area (Å²) in [6.45, 7) is 5.65. The van der Waals surface area contributed by atoms with Gasteiger partial charge in [0.25, 0.3) is 0 Å². The molecule has 1 fully saturated rings. The lowest BCUT2D eigenvalue weighted by atomic mass is 9.88. The number of likely N-dealkylation sites (tertiary alicyclic amines) is 1. The number of hydrogen-bond acceptors (Lipinski definition) is 4. The molecule has 1 aliphatic rings. The third-order valence-corrected chi connectivity index (χ3v) is 4.16. The van der Waals surface area contributed by atoms with Gasteiger partial charge in [-0.25, -0.2) is 0 Å². The molecule has 112 valence electrons. The van der Waals surface area contributed by atoms with E-state index in [1.165, 1.54) is 6.42 Å². The van der Waals surface area contributed by atoms with Crippen LogP contribution in [0.1, 0.15) is 26.2 Å². The lowest BCUT2D eigenvalue weighted by molar-refractivity contribution is 0.119. The van der Waals surface area contributed by atoms with E-state index in [0.717, 1.165) is 43.9 Å². The number of aliphatic hydroxyl groups is 1. The zero-order valence-corrected chi connectivity index (χ0v) is 12.6. The van der Waals surface area contributed by atoms with Crippen LogP contribution in [-0.2, 0) is 0 Å². The minimum absolute atomic E-state index is 0.180. The van der Waals surface area contributed by atoms with E-state index in [0.29, 0.717) is 0 Å². The van der Waals surface area contributed by atoms with Gasteiger partial charge < -0.3 is 20.1 Å². The van der Waals surface area contributed by atoms with Crippen LogP contribution in [-0.4, -0.2) is 48.9 Å². The molecule has 0 aromatic heterocycles. The average Bonchev–Trinajstić information content (AvgIpc) is 2.50. The second-order valence-electron chi connectivity index (χ2n) is 5.63. The number of benzene rings is 1. The van der Waals surface area contributed by atoms with E-state index >= 15 is 0 Å². The van der Waals surface area contributed by atoms with Crippen LogP contribution >= 0.6 is 0 Å².